The van der Waals surface area contributed by atoms with Gasteiger partial charge in [0.15, 0.2) is 5.69 Å². The van der Waals surface area contributed by atoms with Gasteiger partial charge in [0.1, 0.15) is 0 Å². The van der Waals surface area contributed by atoms with Crippen LogP contribution in [0.1, 0.15) is 111 Å². The molecule has 8 aromatic rings. The van der Waals surface area contributed by atoms with Gasteiger partial charge in [0.05, 0.1) is 52.1 Å². The van der Waals surface area contributed by atoms with E-state index in [0.717, 1.165) is 71.9 Å². The molecule has 0 bridgehead atoms. The third kappa shape index (κ3) is 6.93. The minimum absolute atomic E-state index is 0.135. The molecule has 0 aliphatic rings. The number of aromatic nitrogens is 2. The summed E-state index contributed by atoms with van der Waals surface area (Å²) >= 11 is 0. The Bertz CT molecular complexity index is 3080. The smallest absolute Gasteiger partial charge is 0.319 e. The predicted molar refractivity (Wildman–Crippen MR) is 253 cm³/mol. The maximum absolute atomic E-state index is 15.2. The highest BCUT2D eigenvalue weighted by Gasteiger charge is 2.37. The van der Waals surface area contributed by atoms with Crippen molar-refractivity contribution in [2.45, 2.75) is 111 Å². The fourth-order valence-electron chi connectivity index (χ4n) is 8.85. The Morgan fingerprint density at radius 1 is 0.452 bits per heavy atom. The molecule has 0 amide bonds. The van der Waals surface area contributed by atoms with Crippen molar-refractivity contribution in [3.63, 3.8) is 0 Å². The largest absolute Gasteiger partial charge is 0.415 e. The summed E-state index contributed by atoms with van der Waals surface area (Å²) in [5.74, 6) is 0. The first-order valence-electron chi connectivity index (χ1n) is 21.2. The van der Waals surface area contributed by atoms with Crippen LogP contribution in [-0.4, -0.2) is 9.13 Å². The lowest BCUT2D eigenvalue weighted by Crippen LogP contribution is -2.11. The van der Waals surface area contributed by atoms with Crippen LogP contribution < -0.4 is 0 Å². The lowest BCUT2D eigenvalue weighted by Gasteiger charge is -2.23. The quantitative estimate of drug-likeness (QED) is 0.158. The minimum atomic E-state index is -4.78. The monoisotopic (exact) mass is 826 g/mol. The van der Waals surface area contributed by atoms with E-state index < -0.39 is 11.7 Å². The first-order chi connectivity index (χ1) is 28.8. The maximum Gasteiger partial charge on any atom is 0.415 e. The van der Waals surface area contributed by atoms with Crippen LogP contribution in [-0.2, 0) is 27.8 Å². The Hall–Kier alpha value is -6.31. The molecule has 8 rings (SSSR count). The molecule has 62 heavy (non-hydrogen) atoms. The molecule has 7 heteroatoms. The van der Waals surface area contributed by atoms with Crippen LogP contribution in [0, 0.1) is 13.1 Å². The molecule has 0 N–H and O–H groups in total. The van der Waals surface area contributed by atoms with E-state index in [1.807, 2.05) is 16.7 Å². The van der Waals surface area contributed by atoms with Crippen molar-refractivity contribution >= 4 is 55.0 Å². The Balaban J connectivity index is 1.61. The van der Waals surface area contributed by atoms with E-state index in [1.54, 1.807) is 12.1 Å². The molecule has 0 atom stereocenters. The van der Waals surface area contributed by atoms with Crippen LogP contribution in [0.4, 0.5) is 24.5 Å². The van der Waals surface area contributed by atoms with E-state index in [1.165, 1.54) is 12.1 Å². The van der Waals surface area contributed by atoms with Crippen molar-refractivity contribution in [2.75, 3.05) is 0 Å². The number of halogens is 3. The van der Waals surface area contributed by atoms with Gasteiger partial charge in [-0.25, -0.2) is 9.69 Å². The van der Waals surface area contributed by atoms with Gasteiger partial charge in [-0.2, -0.15) is 13.2 Å². The third-order valence-electron chi connectivity index (χ3n) is 12.4. The van der Waals surface area contributed by atoms with Gasteiger partial charge in [0, 0.05) is 27.1 Å². The molecule has 0 aliphatic heterocycles. The molecule has 0 radical (unpaired) electrons. The molecule has 314 valence electrons. The molecule has 6 aromatic carbocycles. The third-order valence-corrected chi connectivity index (χ3v) is 12.4. The fraction of sp³-hybridized carbons (Fsp3) is 0.309. The summed E-state index contributed by atoms with van der Waals surface area (Å²) in [6, 6.07) is 32.7. The molecule has 0 saturated carbocycles. The van der Waals surface area contributed by atoms with Gasteiger partial charge in [-0.05, 0) is 104 Å². The highest BCUT2D eigenvalue weighted by atomic mass is 19.4. The molecule has 4 nitrogen and oxygen atoms in total. The first kappa shape index (κ1) is 42.4. The van der Waals surface area contributed by atoms with Crippen molar-refractivity contribution in [1.29, 1.82) is 0 Å². The van der Waals surface area contributed by atoms with Gasteiger partial charge in [0.25, 0.3) is 0 Å². The highest BCUT2D eigenvalue weighted by molar-refractivity contribution is 6.13. The number of fused-ring (bicyclic) bond motifs is 6. The average Bonchev–Trinajstić information content (AvgIpc) is 3.69. The zero-order valence-corrected chi connectivity index (χ0v) is 37.7. The summed E-state index contributed by atoms with van der Waals surface area (Å²) < 4.78 is 49.8. The molecule has 0 aliphatic carbocycles. The molecule has 0 spiro atoms. The van der Waals surface area contributed by atoms with Crippen molar-refractivity contribution in [3.05, 3.63) is 154 Å². The van der Waals surface area contributed by atoms with Gasteiger partial charge in [-0.3, -0.25) is 0 Å². The van der Waals surface area contributed by atoms with Gasteiger partial charge in [-0.1, -0.05) is 132 Å². The summed E-state index contributed by atoms with van der Waals surface area (Å²) in [6.07, 6.45) is -4.78. The van der Waals surface area contributed by atoms with Gasteiger partial charge in [-0.15, -0.1) is 0 Å². The average molecular weight is 827 g/mol. The minimum Gasteiger partial charge on any atom is -0.319 e. The second kappa shape index (κ2) is 14.1. The van der Waals surface area contributed by atoms with Crippen molar-refractivity contribution in [3.8, 4) is 22.5 Å². The first-order valence-corrected chi connectivity index (χ1v) is 21.2. The Kier molecular flexibility index (Phi) is 9.65. The van der Waals surface area contributed by atoms with E-state index >= 15 is 13.2 Å². The zero-order valence-electron chi connectivity index (χ0n) is 37.7. The lowest BCUT2D eigenvalue weighted by molar-refractivity contribution is -0.137. The second-order valence-electron chi connectivity index (χ2n) is 20.8. The fourth-order valence-corrected chi connectivity index (χ4v) is 8.85. The van der Waals surface area contributed by atoms with Crippen LogP contribution >= 0.6 is 0 Å². The Labute approximate surface area is 363 Å². The van der Waals surface area contributed by atoms with Gasteiger partial charge < -0.3 is 9.13 Å². The van der Waals surface area contributed by atoms with Crippen molar-refractivity contribution in [2.24, 2.45) is 0 Å². The summed E-state index contributed by atoms with van der Waals surface area (Å²) in [5, 5.41) is 3.92. The van der Waals surface area contributed by atoms with E-state index in [-0.39, 0.29) is 44.2 Å². The lowest BCUT2D eigenvalue weighted by atomic mass is 9.85. The van der Waals surface area contributed by atoms with Crippen LogP contribution in [0.25, 0.3) is 75.8 Å². The van der Waals surface area contributed by atoms with Crippen molar-refractivity contribution < 1.29 is 13.2 Å². The van der Waals surface area contributed by atoms with Crippen LogP contribution in [0.3, 0.4) is 0 Å². The number of hydrogen-bond donors (Lipinski definition) is 0. The number of benzene rings is 6. The topological polar surface area (TPSA) is 18.6 Å². The van der Waals surface area contributed by atoms with Gasteiger partial charge >= 0.3 is 6.18 Å². The molecule has 0 unspecified atom stereocenters. The molecule has 2 heterocycles. The number of rotatable bonds is 3. The van der Waals surface area contributed by atoms with E-state index in [2.05, 4.69) is 158 Å². The summed E-state index contributed by atoms with van der Waals surface area (Å²) in [4.78, 5) is 7.99. The zero-order chi connectivity index (χ0) is 45.1. The number of alkyl halides is 3. The molecule has 2 aromatic heterocycles. The second-order valence-corrected chi connectivity index (χ2v) is 20.8. The Morgan fingerprint density at radius 2 is 0.839 bits per heavy atom. The number of nitrogens with zero attached hydrogens (tertiary/aromatic N) is 4. The SMILES string of the molecule is [C-]#[N+]c1cccc(C(F)(F)F)c1-c1ccc(-n2c3ccc(C(C)(C)C)cc3c3cc(C(C)(C)C)ccc32)c([N+]#[C-])c1-n1c2ccc(C(C)(C)C)cc2c2cc(C(C)(C)C)ccc21. The van der Waals surface area contributed by atoms with Crippen LogP contribution in [0.2, 0.25) is 0 Å². The summed E-state index contributed by atoms with van der Waals surface area (Å²) in [7, 11) is 0. The van der Waals surface area contributed by atoms with Crippen molar-refractivity contribution in [1.82, 2.24) is 9.13 Å². The van der Waals surface area contributed by atoms with Gasteiger partial charge in [0.2, 0.25) is 5.69 Å². The highest BCUT2D eigenvalue weighted by Crippen LogP contribution is 2.51. The molecule has 0 saturated heterocycles. The summed E-state index contributed by atoms with van der Waals surface area (Å²) in [6.45, 7) is 43.3. The van der Waals surface area contributed by atoms with E-state index in [0.29, 0.717) is 11.4 Å². The molecule has 0 fully saturated rings. The maximum atomic E-state index is 15.2. The normalized spacial score (nSPS) is 13.0. The predicted octanol–water partition coefficient (Wildman–Crippen LogP) is 16.9. The Morgan fingerprint density at radius 3 is 1.18 bits per heavy atom. The number of hydrogen-bond acceptors (Lipinski definition) is 0. The van der Waals surface area contributed by atoms with Crippen LogP contribution in [0.15, 0.2) is 103 Å². The standard InChI is InChI=1S/C55H53F3N4/c1-51(2,3)32-18-23-43-37(28-32)38-29-33(52(4,5)6)19-24-44(38)61(43)47-27-22-36(48-41(55(56,57)58)16-15-17-42(48)59-13)50(49(47)60-14)62-45-25-20-34(53(7,8)9)30-39(45)40-31-35(54(10,11)12)21-26-46(40)62/h15-31H,1-12H3. The summed E-state index contributed by atoms with van der Waals surface area (Å²) in [5.41, 5.74) is 6.99. The van der Waals surface area contributed by atoms with E-state index in [9.17, 15) is 0 Å². The molecular formula is C55H53F3N4. The molecular weight excluding hydrogens is 774 g/mol. The van der Waals surface area contributed by atoms with E-state index in [4.69, 9.17) is 13.1 Å². The van der Waals surface area contributed by atoms with Crippen LogP contribution in [0.5, 0.6) is 0 Å².